The molecule has 3 amide bonds. The molecular formula is C24H19F2N3O3. The summed E-state index contributed by atoms with van der Waals surface area (Å²) >= 11 is 0. The lowest BCUT2D eigenvalue weighted by molar-refractivity contribution is 0.0378. The van der Waals surface area contributed by atoms with E-state index in [9.17, 15) is 18.4 Å². The summed E-state index contributed by atoms with van der Waals surface area (Å²) in [4.78, 5) is 27.2. The Labute approximate surface area is 182 Å². The van der Waals surface area contributed by atoms with Crippen LogP contribution in [-0.4, -0.2) is 17.7 Å². The quantitative estimate of drug-likeness (QED) is 0.609. The number of benzene rings is 3. The first kappa shape index (κ1) is 20.0. The second-order valence-electron chi connectivity index (χ2n) is 7.99. The summed E-state index contributed by atoms with van der Waals surface area (Å²) in [5.41, 5.74) is 0.308. The van der Waals surface area contributed by atoms with E-state index >= 15 is 0 Å². The molecule has 8 heteroatoms. The van der Waals surface area contributed by atoms with Gasteiger partial charge in [0.25, 0.3) is 5.91 Å². The number of rotatable bonds is 3. The highest BCUT2D eigenvalue weighted by Gasteiger charge is 2.49. The highest BCUT2D eigenvalue weighted by atomic mass is 19.1. The van der Waals surface area contributed by atoms with Crippen LogP contribution >= 0.6 is 0 Å². The van der Waals surface area contributed by atoms with Crippen LogP contribution in [0.3, 0.4) is 0 Å². The third-order valence-corrected chi connectivity index (χ3v) is 5.72. The van der Waals surface area contributed by atoms with Gasteiger partial charge in [-0.05, 0) is 43.3 Å². The predicted molar refractivity (Wildman–Crippen MR) is 115 cm³/mol. The topological polar surface area (TPSA) is 70.7 Å². The van der Waals surface area contributed by atoms with Gasteiger partial charge in [-0.2, -0.15) is 0 Å². The maximum Gasteiger partial charge on any atom is 0.325 e. The zero-order valence-corrected chi connectivity index (χ0v) is 17.1. The van der Waals surface area contributed by atoms with Crippen LogP contribution in [0.4, 0.5) is 25.0 Å². The number of nitrogens with zero attached hydrogens (tertiary/aromatic N) is 1. The zero-order valence-electron chi connectivity index (χ0n) is 17.1. The molecule has 0 unspecified atom stereocenters. The van der Waals surface area contributed by atoms with Crippen molar-refractivity contribution in [1.29, 1.82) is 0 Å². The second-order valence-corrected chi connectivity index (χ2v) is 7.99. The molecule has 1 saturated heterocycles. The number of carbonyl (C=O) groups excluding carboxylic acids is 2. The third-order valence-electron chi connectivity index (χ3n) is 5.72. The number of anilines is 2. The Kier molecular flexibility index (Phi) is 4.58. The second kappa shape index (κ2) is 7.33. The molecule has 2 N–H and O–H groups in total. The molecule has 6 nitrogen and oxygen atoms in total. The first-order valence-electron chi connectivity index (χ1n) is 10.1. The lowest BCUT2D eigenvalue weighted by Crippen LogP contribution is -2.65. The minimum Gasteiger partial charge on any atom is -0.467 e. The van der Waals surface area contributed by atoms with Gasteiger partial charge in [0, 0.05) is 23.6 Å². The maximum atomic E-state index is 13.9. The smallest absolute Gasteiger partial charge is 0.325 e. The normalized spacial score (nSPS) is 21.3. The Hall–Kier alpha value is -3.94. The fourth-order valence-electron chi connectivity index (χ4n) is 4.29. The minimum atomic E-state index is -0.967. The molecule has 162 valence electrons. The van der Waals surface area contributed by atoms with Crippen LogP contribution < -0.4 is 20.3 Å². The fraction of sp³-hybridized carbons (Fsp3) is 0.167. The number of fused-ring (bicyclic) bond motifs is 4. The van der Waals surface area contributed by atoms with Gasteiger partial charge in [-0.25, -0.2) is 13.6 Å². The summed E-state index contributed by atoms with van der Waals surface area (Å²) in [6.07, 6.45) is 0.515. The summed E-state index contributed by atoms with van der Waals surface area (Å²) in [5, 5.41) is 5.37. The van der Waals surface area contributed by atoms with Gasteiger partial charge in [0.2, 0.25) is 0 Å². The molecule has 0 spiro atoms. The van der Waals surface area contributed by atoms with E-state index in [0.29, 0.717) is 17.9 Å². The molecule has 2 aliphatic rings. The Bertz CT molecular complexity index is 1250. The molecule has 3 aromatic rings. The van der Waals surface area contributed by atoms with Crippen LogP contribution in [-0.2, 0) is 0 Å². The molecule has 0 radical (unpaired) electrons. The average Bonchev–Trinajstić information content (AvgIpc) is 2.76. The van der Waals surface area contributed by atoms with Crippen LogP contribution in [0.2, 0.25) is 0 Å². The Morgan fingerprint density at radius 2 is 1.94 bits per heavy atom. The van der Waals surface area contributed by atoms with Gasteiger partial charge < -0.3 is 15.4 Å². The van der Waals surface area contributed by atoms with Gasteiger partial charge in [-0.15, -0.1) is 0 Å². The lowest BCUT2D eigenvalue weighted by atomic mass is 9.90. The number of ether oxygens (including phenoxy) is 1. The van der Waals surface area contributed by atoms with Gasteiger partial charge >= 0.3 is 6.03 Å². The van der Waals surface area contributed by atoms with Gasteiger partial charge in [0.15, 0.2) is 5.72 Å². The van der Waals surface area contributed by atoms with E-state index in [1.807, 2.05) is 31.2 Å². The van der Waals surface area contributed by atoms with E-state index in [2.05, 4.69) is 10.6 Å². The van der Waals surface area contributed by atoms with E-state index < -0.39 is 23.3 Å². The highest BCUT2D eigenvalue weighted by Crippen LogP contribution is 2.45. The molecule has 0 saturated carbocycles. The Balaban J connectivity index is 1.46. The first-order valence-corrected chi connectivity index (χ1v) is 10.1. The largest absolute Gasteiger partial charge is 0.467 e. The van der Waals surface area contributed by atoms with Gasteiger partial charge in [-0.1, -0.05) is 24.3 Å². The van der Waals surface area contributed by atoms with Crippen LogP contribution in [0.15, 0.2) is 66.7 Å². The maximum absolute atomic E-state index is 13.9. The molecule has 2 heterocycles. The molecular weight excluding hydrogens is 416 g/mol. The van der Waals surface area contributed by atoms with Crippen molar-refractivity contribution in [2.75, 3.05) is 10.2 Å². The van der Waals surface area contributed by atoms with Crippen LogP contribution in [0.5, 0.6) is 5.75 Å². The Morgan fingerprint density at radius 3 is 2.78 bits per heavy atom. The number of urea groups is 1. The van der Waals surface area contributed by atoms with Crippen molar-refractivity contribution in [3.05, 3.63) is 89.5 Å². The van der Waals surface area contributed by atoms with E-state index in [1.54, 1.807) is 12.1 Å². The molecule has 3 aromatic carbocycles. The molecule has 2 atom stereocenters. The first-order chi connectivity index (χ1) is 15.3. The molecule has 2 bridgehead atoms. The predicted octanol–water partition coefficient (Wildman–Crippen LogP) is 4.99. The third kappa shape index (κ3) is 3.33. The molecule has 2 aliphatic heterocycles. The lowest BCUT2D eigenvalue weighted by Gasteiger charge is -2.50. The van der Waals surface area contributed by atoms with E-state index in [0.717, 1.165) is 23.8 Å². The summed E-state index contributed by atoms with van der Waals surface area (Å²) in [5.74, 6) is -1.37. The van der Waals surface area contributed by atoms with Crippen LogP contribution in [0.25, 0.3) is 0 Å². The van der Waals surface area contributed by atoms with Gasteiger partial charge in [0.1, 0.15) is 17.4 Å². The van der Waals surface area contributed by atoms with Crippen molar-refractivity contribution in [2.24, 2.45) is 0 Å². The standard InChI is InChI=1S/C24H19F2N3O3/c1-24-13-20(17-7-2-3-8-21(17)32-24)28-23(31)29(24)16-6-4-5-14(11-16)22(30)27-19-12-15(25)9-10-18(19)26/h2-12,20H,13H2,1H3,(H,27,30)(H,28,31)/t20-,24-/m1/s1. The minimum absolute atomic E-state index is 0.181. The highest BCUT2D eigenvalue weighted by molar-refractivity contribution is 6.05. The molecule has 32 heavy (non-hydrogen) atoms. The number of amides is 3. The van der Waals surface area contributed by atoms with E-state index in [1.165, 1.54) is 17.0 Å². The summed E-state index contributed by atoms with van der Waals surface area (Å²) in [7, 11) is 0. The van der Waals surface area contributed by atoms with Crippen molar-refractivity contribution >= 4 is 23.3 Å². The van der Waals surface area contributed by atoms with E-state index in [4.69, 9.17) is 4.74 Å². The summed E-state index contributed by atoms with van der Waals surface area (Å²) < 4.78 is 33.6. The fourth-order valence-corrected chi connectivity index (χ4v) is 4.29. The zero-order chi connectivity index (χ0) is 22.5. The molecule has 0 aromatic heterocycles. The van der Waals surface area contributed by atoms with Crippen molar-refractivity contribution < 1.29 is 23.1 Å². The van der Waals surface area contributed by atoms with E-state index in [-0.39, 0.29) is 23.3 Å². The molecule has 1 fully saturated rings. The van der Waals surface area contributed by atoms with Crippen LogP contribution in [0, 0.1) is 11.6 Å². The van der Waals surface area contributed by atoms with Crippen molar-refractivity contribution in [1.82, 2.24) is 5.32 Å². The monoisotopic (exact) mass is 435 g/mol. The van der Waals surface area contributed by atoms with Gasteiger partial charge in [0.05, 0.1) is 17.4 Å². The SMILES string of the molecule is C[C@@]12C[C@@H](NC(=O)N1c1cccc(C(=O)Nc3cc(F)ccc3F)c1)c1ccccc1O2. The van der Waals surface area contributed by atoms with Gasteiger partial charge in [-0.3, -0.25) is 9.69 Å². The average molecular weight is 435 g/mol. The van der Waals surface area contributed by atoms with Crippen molar-refractivity contribution in [2.45, 2.75) is 25.1 Å². The molecule has 0 aliphatic carbocycles. The number of hydrogen-bond acceptors (Lipinski definition) is 3. The Morgan fingerprint density at radius 1 is 1.12 bits per heavy atom. The number of para-hydroxylation sites is 1. The van der Waals surface area contributed by atoms with Crippen molar-refractivity contribution in [3.63, 3.8) is 0 Å². The number of carbonyl (C=O) groups is 2. The number of nitrogens with one attached hydrogen (secondary N) is 2. The molecule has 5 rings (SSSR count). The summed E-state index contributed by atoms with van der Waals surface area (Å²) in [6.45, 7) is 1.82. The van der Waals surface area contributed by atoms with Crippen molar-refractivity contribution in [3.8, 4) is 5.75 Å². The van der Waals surface area contributed by atoms with Crippen LogP contribution in [0.1, 0.15) is 35.3 Å². The summed E-state index contributed by atoms with van der Waals surface area (Å²) in [6, 6.07) is 16.2. The number of halogens is 2. The number of hydrogen-bond donors (Lipinski definition) is 2.